The predicted octanol–water partition coefficient (Wildman–Crippen LogP) is 12.8. The summed E-state index contributed by atoms with van der Waals surface area (Å²) >= 11 is 0. The van der Waals surface area contributed by atoms with E-state index in [0.29, 0.717) is 70.2 Å². The van der Waals surface area contributed by atoms with Crippen molar-refractivity contribution >= 4 is 34.1 Å². The van der Waals surface area contributed by atoms with Gasteiger partial charge in [-0.15, -0.1) is 0 Å². The molecule has 68 heavy (non-hydrogen) atoms. The van der Waals surface area contributed by atoms with Crippen molar-refractivity contribution in [2.24, 2.45) is 0 Å². The number of rotatable bonds is 12. The minimum atomic E-state index is -2.02. The van der Waals surface area contributed by atoms with E-state index >= 15 is 0 Å². The molecule has 0 saturated carbocycles. The largest absolute Gasteiger partial charge is 0.502 e. The molecule has 4 aliphatic heterocycles. The summed E-state index contributed by atoms with van der Waals surface area (Å²) in [6.07, 6.45) is 5.24. The highest BCUT2D eigenvalue weighted by Gasteiger charge is 2.46. The lowest BCUT2D eigenvalue weighted by Gasteiger charge is -2.39. The maximum absolute atomic E-state index is 12.9. The minimum absolute atomic E-state index is 0.184. The minimum Gasteiger partial charge on any atom is -0.502 e. The zero-order valence-corrected chi connectivity index (χ0v) is 44.5. The first kappa shape index (κ1) is 49.0. The summed E-state index contributed by atoms with van der Waals surface area (Å²) in [5, 5.41) is 51.6. The summed E-state index contributed by atoms with van der Waals surface area (Å²) in [4.78, 5) is 0. The fraction of sp³-hybridized carbons (Fsp3) is 0.500. The Morgan fingerprint density at radius 3 is 0.588 bits per heavy atom. The maximum Gasteiger partial charge on any atom is 0.384 e. The molecule has 4 N–H and O–H groups in total. The number of hydrogen-bond donors (Lipinski definition) is 4. The molecule has 5 aliphatic rings. The van der Waals surface area contributed by atoms with Gasteiger partial charge in [0.15, 0.2) is 46.0 Å². The second-order valence-electron chi connectivity index (χ2n) is 18.7. The van der Waals surface area contributed by atoms with Crippen molar-refractivity contribution in [2.75, 3.05) is 56.4 Å². The Hall–Kier alpha value is -3.96. The van der Waals surface area contributed by atoms with E-state index in [1.165, 1.54) is 0 Å². The third-order valence-corrected chi connectivity index (χ3v) is 18.4. The number of hydrogen-bond acceptors (Lipinski definition) is 16. The van der Waals surface area contributed by atoms with Gasteiger partial charge in [0.2, 0.25) is 23.0 Å². The molecule has 0 unspecified atom stereocenters. The zero-order chi connectivity index (χ0) is 48.6. The van der Waals surface area contributed by atoms with Crippen molar-refractivity contribution in [3.8, 4) is 69.0 Å². The molecular weight excluding hydrogens is 948 g/mol. The average molecular weight is 1010 g/mol. The van der Waals surface area contributed by atoms with Crippen LogP contribution in [-0.4, -0.2) is 95.5 Å². The van der Waals surface area contributed by atoms with Crippen LogP contribution >= 0.6 is 34.1 Å². The van der Waals surface area contributed by atoms with Crippen LogP contribution in [0, 0.1) is 0 Å². The van der Waals surface area contributed by atoms with Gasteiger partial charge in [-0.1, -0.05) is 53.4 Å². The molecule has 4 aromatic rings. The molecule has 16 nitrogen and oxygen atoms in total. The molecule has 0 aromatic heterocycles. The summed E-state index contributed by atoms with van der Waals surface area (Å²) in [6.45, 7) is 8.42. The third-order valence-electron chi connectivity index (χ3n) is 13.0. The van der Waals surface area contributed by atoms with Crippen LogP contribution in [0.3, 0.4) is 0 Å². The van der Waals surface area contributed by atoms with Gasteiger partial charge >= 0.3 is 34.1 Å². The van der Waals surface area contributed by atoms with Crippen LogP contribution in [0.4, 0.5) is 0 Å². The van der Waals surface area contributed by atoms with Gasteiger partial charge < -0.3 is 56.6 Å². The highest BCUT2D eigenvalue weighted by Crippen LogP contribution is 2.69. The van der Waals surface area contributed by atoms with Crippen molar-refractivity contribution in [3.63, 3.8) is 0 Å². The van der Waals surface area contributed by atoms with Crippen molar-refractivity contribution in [3.05, 3.63) is 68.8 Å². The van der Waals surface area contributed by atoms with Crippen LogP contribution in [0.1, 0.15) is 147 Å². The standard InChI is InChI=1S/C48H64N4O12P4/c1-13-17-25-29-21-31-26(18-14-2)33-23-35-28(20-16-4)36-24-34-27(19-15-3)32-22-30(25)42-38(54)44(32)60-67(51(9)10)62-46(34)40(56)48(36)64-68(52(11)12)63-47(35)39(55)45(33)61-66(50(7)8)59-43(31)37(53)41(29)57-65(58-42)49(5)6/h21-28,53-56H,13-20H2,1-12H3. The summed E-state index contributed by atoms with van der Waals surface area (Å²) in [5.41, 5.74) is 5.63. The van der Waals surface area contributed by atoms with Crippen LogP contribution < -0.4 is 36.2 Å². The smallest absolute Gasteiger partial charge is 0.384 e. The Morgan fingerprint density at radius 2 is 0.471 bits per heavy atom. The van der Waals surface area contributed by atoms with E-state index in [0.717, 1.165) is 25.7 Å². The van der Waals surface area contributed by atoms with Crippen LogP contribution in [0.25, 0.3) is 0 Å². The Labute approximate surface area is 404 Å². The highest BCUT2D eigenvalue weighted by atomic mass is 31.2. The third kappa shape index (κ3) is 8.19. The quantitative estimate of drug-likeness (QED) is 0.0989. The van der Waals surface area contributed by atoms with E-state index in [9.17, 15) is 20.4 Å². The topological polar surface area (TPSA) is 168 Å². The molecule has 0 radical (unpaired) electrons. The summed E-state index contributed by atoms with van der Waals surface area (Å²) in [5.74, 6) is -0.897. The van der Waals surface area contributed by atoms with Crippen molar-refractivity contribution < 1.29 is 56.6 Å². The van der Waals surface area contributed by atoms with Crippen LogP contribution in [0.5, 0.6) is 69.0 Å². The first-order valence-electron chi connectivity index (χ1n) is 23.4. The molecule has 4 aromatic carbocycles. The number of phenols is 4. The summed E-state index contributed by atoms with van der Waals surface area (Å²) in [6, 6.07) is 8.41. The van der Waals surface area contributed by atoms with E-state index in [4.69, 9.17) is 36.2 Å². The Bertz CT molecular complexity index is 2120. The van der Waals surface area contributed by atoms with Gasteiger partial charge in [-0.25, -0.2) is 18.7 Å². The van der Waals surface area contributed by atoms with Crippen LogP contribution in [0.15, 0.2) is 24.3 Å². The number of aromatic hydroxyl groups is 4. The molecular formula is C48H64N4O12P4. The highest BCUT2D eigenvalue weighted by molar-refractivity contribution is 7.46. The van der Waals surface area contributed by atoms with E-state index in [1.54, 1.807) is 18.7 Å². The monoisotopic (exact) mass is 1010 g/mol. The fourth-order valence-corrected chi connectivity index (χ4v) is 14.2. The van der Waals surface area contributed by atoms with Gasteiger partial charge in [-0.05, 0) is 106 Å². The van der Waals surface area contributed by atoms with Gasteiger partial charge in [-0.3, -0.25) is 0 Å². The first-order chi connectivity index (χ1) is 32.5. The molecule has 8 bridgehead atoms. The molecule has 0 spiro atoms. The number of nitrogens with zero attached hydrogens (tertiary/aromatic N) is 4. The lowest BCUT2D eigenvalue weighted by molar-refractivity contribution is 0.333. The Balaban J connectivity index is 1.53. The molecule has 4 heterocycles. The van der Waals surface area contributed by atoms with E-state index in [2.05, 4.69) is 52.0 Å². The second-order valence-corrected chi connectivity index (χ2v) is 25.2. The zero-order valence-electron chi connectivity index (χ0n) is 40.9. The van der Waals surface area contributed by atoms with Crippen molar-refractivity contribution in [1.82, 2.24) is 18.7 Å². The second kappa shape index (κ2) is 19.3. The van der Waals surface area contributed by atoms with Crippen molar-refractivity contribution in [2.45, 2.75) is 103 Å². The maximum atomic E-state index is 12.9. The lowest BCUT2D eigenvalue weighted by Crippen LogP contribution is -2.23. The first-order valence-corrected chi connectivity index (χ1v) is 28.0. The van der Waals surface area contributed by atoms with Gasteiger partial charge in [0.05, 0.1) is 0 Å². The molecule has 1 aliphatic carbocycles. The normalized spacial score (nSPS) is 24.0. The van der Waals surface area contributed by atoms with Gasteiger partial charge in [0.1, 0.15) is 0 Å². The Morgan fingerprint density at radius 1 is 0.324 bits per heavy atom. The summed E-state index contributed by atoms with van der Waals surface area (Å²) in [7, 11) is 6.52. The molecule has 0 atom stereocenters. The molecule has 20 heteroatoms. The van der Waals surface area contributed by atoms with Gasteiger partial charge in [-0.2, -0.15) is 0 Å². The van der Waals surface area contributed by atoms with Crippen molar-refractivity contribution in [1.29, 1.82) is 0 Å². The molecule has 368 valence electrons. The van der Waals surface area contributed by atoms with Crippen LogP contribution in [0.2, 0.25) is 0 Å². The molecule has 0 amide bonds. The average Bonchev–Trinajstić information content (AvgIpc) is 3.27. The fourth-order valence-electron chi connectivity index (χ4n) is 9.96. The lowest BCUT2D eigenvalue weighted by atomic mass is 9.76. The van der Waals surface area contributed by atoms with Gasteiger partial charge in [0, 0.05) is 68.2 Å². The number of benzene rings is 4. The van der Waals surface area contributed by atoms with Gasteiger partial charge in [0.25, 0.3) is 0 Å². The van der Waals surface area contributed by atoms with Crippen LogP contribution in [-0.2, 0) is 0 Å². The molecule has 0 fully saturated rings. The van der Waals surface area contributed by atoms with E-state index in [1.807, 2.05) is 56.4 Å². The molecule has 9 rings (SSSR count). The summed E-state index contributed by atoms with van der Waals surface area (Å²) < 4.78 is 62.0. The van der Waals surface area contributed by atoms with E-state index in [-0.39, 0.29) is 69.0 Å². The number of phenolic OH excluding ortho intramolecular Hbond substituents is 4. The SMILES string of the molecule is CCCC1c2cc3c4c(O)c2OP(N(C)C)Oc2c1cc1c(c2O)OP(N(C)C)Oc2c(cc5c(c2O)OP(N(C)C)Oc2c(cc(c(c2O)OP(N(C)C)O4)C3CCC)C5CCC)C1CCC. The predicted molar refractivity (Wildman–Crippen MR) is 267 cm³/mol. The van der Waals surface area contributed by atoms with E-state index < -0.39 is 57.8 Å². The Kier molecular flexibility index (Phi) is 13.9. The molecule has 0 saturated heterocycles.